The molecule has 1 aliphatic rings. The van der Waals surface area contributed by atoms with Gasteiger partial charge in [0.1, 0.15) is 5.76 Å². The Kier molecular flexibility index (Phi) is 3.83. The minimum atomic E-state index is -0.0422. The molecule has 0 saturated heterocycles. The molecule has 4 heteroatoms. The van der Waals surface area contributed by atoms with Crippen molar-refractivity contribution in [2.24, 2.45) is 0 Å². The van der Waals surface area contributed by atoms with E-state index < -0.39 is 0 Å². The Hall–Kier alpha value is -1.03. The smallest absolute Gasteiger partial charge is 0.244 e. The summed E-state index contributed by atoms with van der Waals surface area (Å²) in [6.45, 7) is 0. The largest absolute Gasteiger partial charge is 0.450 e. The molecule has 1 amide bonds. The SMILES string of the molecule is O=C(/C=C\c1ccc(Br)o1)NC1CCCC1. The Morgan fingerprint density at radius 2 is 2.19 bits per heavy atom. The molecule has 1 N–H and O–H groups in total. The van der Waals surface area contributed by atoms with Gasteiger partial charge in [0.05, 0.1) is 0 Å². The van der Waals surface area contributed by atoms with Gasteiger partial charge in [0.2, 0.25) is 5.91 Å². The molecular weight excluding hydrogens is 270 g/mol. The minimum Gasteiger partial charge on any atom is -0.450 e. The van der Waals surface area contributed by atoms with E-state index in [9.17, 15) is 4.79 Å². The number of hydrogen-bond donors (Lipinski definition) is 1. The highest BCUT2D eigenvalue weighted by molar-refractivity contribution is 9.10. The van der Waals surface area contributed by atoms with Crippen molar-refractivity contribution in [3.63, 3.8) is 0 Å². The van der Waals surface area contributed by atoms with Crippen molar-refractivity contribution in [3.05, 3.63) is 28.6 Å². The van der Waals surface area contributed by atoms with Crippen LogP contribution in [0.2, 0.25) is 0 Å². The summed E-state index contributed by atoms with van der Waals surface area (Å²) in [6.07, 6.45) is 7.84. The van der Waals surface area contributed by atoms with Crippen LogP contribution in [0.1, 0.15) is 31.4 Å². The summed E-state index contributed by atoms with van der Waals surface area (Å²) >= 11 is 3.21. The summed E-state index contributed by atoms with van der Waals surface area (Å²) in [5, 5.41) is 2.98. The Labute approximate surface area is 103 Å². The number of amides is 1. The van der Waals surface area contributed by atoms with Crippen LogP contribution in [-0.4, -0.2) is 11.9 Å². The summed E-state index contributed by atoms with van der Waals surface area (Å²) in [5.41, 5.74) is 0. The fourth-order valence-electron chi connectivity index (χ4n) is 1.90. The second kappa shape index (κ2) is 5.34. The van der Waals surface area contributed by atoms with Gasteiger partial charge in [-0.2, -0.15) is 0 Å². The van der Waals surface area contributed by atoms with Crippen LogP contribution >= 0.6 is 15.9 Å². The molecule has 0 bridgehead atoms. The molecule has 0 atom stereocenters. The standard InChI is InChI=1S/C12H14BrNO2/c13-11-7-5-10(16-11)6-8-12(15)14-9-3-1-2-4-9/h5-9H,1-4H2,(H,14,15)/b8-6-. The van der Waals surface area contributed by atoms with Crippen molar-refractivity contribution in [2.45, 2.75) is 31.7 Å². The molecule has 1 heterocycles. The lowest BCUT2D eigenvalue weighted by Crippen LogP contribution is -2.30. The van der Waals surface area contributed by atoms with Crippen molar-refractivity contribution < 1.29 is 9.21 Å². The molecule has 0 unspecified atom stereocenters. The molecule has 0 aromatic carbocycles. The maximum atomic E-state index is 11.5. The summed E-state index contributed by atoms with van der Waals surface area (Å²) in [6, 6.07) is 3.97. The minimum absolute atomic E-state index is 0.0422. The number of halogens is 1. The topological polar surface area (TPSA) is 42.2 Å². The van der Waals surface area contributed by atoms with Gasteiger partial charge in [0, 0.05) is 12.1 Å². The molecule has 0 spiro atoms. The molecule has 1 aliphatic carbocycles. The summed E-state index contributed by atoms with van der Waals surface area (Å²) in [7, 11) is 0. The second-order valence-corrected chi connectivity index (χ2v) is 4.75. The number of hydrogen-bond acceptors (Lipinski definition) is 2. The van der Waals surface area contributed by atoms with Gasteiger partial charge < -0.3 is 9.73 Å². The molecule has 0 aliphatic heterocycles. The molecule has 1 aromatic rings. The van der Waals surface area contributed by atoms with Gasteiger partial charge in [-0.05, 0) is 47.0 Å². The van der Waals surface area contributed by atoms with Crippen molar-refractivity contribution in [2.75, 3.05) is 0 Å². The first-order valence-electron chi connectivity index (χ1n) is 5.48. The Bertz CT molecular complexity index is 391. The molecule has 86 valence electrons. The lowest BCUT2D eigenvalue weighted by atomic mass is 10.2. The quantitative estimate of drug-likeness (QED) is 0.866. The predicted octanol–water partition coefficient (Wildman–Crippen LogP) is 3.11. The molecule has 1 saturated carbocycles. The van der Waals surface area contributed by atoms with E-state index in [2.05, 4.69) is 21.2 Å². The van der Waals surface area contributed by atoms with E-state index in [1.54, 1.807) is 12.1 Å². The highest BCUT2D eigenvalue weighted by Gasteiger charge is 2.15. The average Bonchev–Trinajstić information content (AvgIpc) is 2.87. The maximum absolute atomic E-state index is 11.5. The van der Waals surface area contributed by atoms with Crippen LogP contribution in [0.3, 0.4) is 0 Å². The first kappa shape index (κ1) is 11.5. The van der Waals surface area contributed by atoms with Gasteiger partial charge in [-0.25, -0.2) is 0 Å². The Balaban J connectivity index is 1.84. The van der Waals surface area contributed by atoms with Crippen LogP contribution in [-0.2, 0) is 4.79 Å². The molecule has 3 nitrogen and oxygen atoms in total. The molecule has 1 fully saturated rings. The zero-order chi connectivity index (χ0) is 11.4. The first-order chi connectivity index (χ1) is 7.74. The molecular formula is C12H14BrNO2. The highest BCUT2D eigenvalue weighted by Crippen LogP contribution is 2.18. The predicted molar refractivity (Wildman–Crippen MR) is 65.8 cm³/mol. The summed E-state index contributed by atoms with van der Waals surface area (Å²) in [4.78, 5) is 11.5. The summed E-state index contributed by atoms with van der Waals surface area (Å²) in [5.74, 6) is 0.632. The fourth-order valence-corrected chi connectivity index (χ4v) is 2.21. The average molecular weight is 284 g/mol. The van der Waals surface area contributed by atoms with E-state index in [0.717, 1.165) is 12.8 Å². The van der Waals surface area contributed by atoms with Crippen LogP contribution in [0.25, 0.3) is 6.08 Å². The molecule has 1 aromatic heterocycles. The molecule has 16 heavy (non-hydrogen) atoms. The van der Waals surface area contributed by atoms with Crippen molar-refractivity contribution in [1.29, 1.82) is 0 Å². The van der Waals surface area contributed by atoms with Gasteiger partial charge >= 0.3 is 0 Å². The summed E-state index contributed by atoms with van der Waals surface area (Å²) < 4.78 is 5.92. The molecule has 0 radical (unpaired) electrons. The van der Waals surface area contributed by atoms with E-state index in [4.69, 9.17) is 4.42 Å². The van der Waals surface area contributed by atoms with E-state index in [0.29, 0.717) is 16.5 Å². The van der Waals surface area contributed by atoms with Crippen LogP contribution < -0.4 is 5.32 Å². The Morgan fingerprint density at radius 3 is 2.81 bits per heavy atom. The zero-order valence-corrected chi connectivity index (χ0v) is 10.5. The van der Waals surface area contributed by atoms with Gasteiger partial charge in [0.15, 0.2) is 4.67 Å². The fraction of sp³-hybridized carbons (Fsp3) is 0.417. The van der Waals surface area contributed by atoms with E-state index in [1.807, 2.05) is 6.07 Å². The number of rotatable bonds is 3. The van der Waals surface area contributed by atoms with Crippen LogP contribution in [0.5, 0.6) is 0 Å². The van der Waals surface area contributed by atoms with Gasteiger partial charge in [-0.3, -0.25) is 4.79 Å². The van der Waals surface area contributed by atoms with Crippen molar-refractivity contribution in [3.8, 4) is 0 Å². The van der Waals surface area contributed by atoms with E-state index in [-0.39, 0.29) is 5.91 Å². The van der Waals surface area contributed by atoms with Gasteiger partial charge in [-0.1, -0.05) is 12.8 Å². The van der Waals surface area contributed by atoms with Crippen LogP contribution in [0.4, 0.5) is 0 Å². The first-order valence-corrected chi connectivity index (χ1v) is 6.27. The third kappa shape index (κ3) is 3.23. The van der Waals surface area contributed by atoms with E-state index in [1.165, 1.54) is 18.9 Å². The van der Waals surface area contributed by atoms with Crippen LogP contribution in [0.15, 0.2) is 27.3 Å². The zero-order valence-electron chi connectivity index (χ0n) is 8.91. The third-order valence-corrected chi connectivity index (χ3v) is 3.12. The highest BCUT2D eigenvalue weighted by atomic mass is 79.9. The number of furan rings is 1. The number of carbonyl (C=O) groups excluding carboxylic acids is 1. The lowest BCUT2D eigenvalue weighted by Gasteiger charge is -2.08. The maximum Gasteiger partial charge on any atom is 0.244 e. The Morgan fingerprint density at radius 1 is 1.44 bits per heavy atom. The third-order valence-electron chi connectivity index (χ3n) is 2.69. The van der Waals surface area contributed by atoms with Gasteiger partial charge in [-0.15, -0.1) is 0 Å². The van der Waals surface area contributed by atoms with Crippen LogP contribution in [0, 0.1) is 0 Å². The normalized spacial score (nSPS) is 17.1. The van der Waals surface area contributed by atoms with Crippen molar-refractivity contribution >= 4 is 27.9 Å². The second-order valence-electron chi connectivity index (χ2n) is 3.97. The monoisotopic (exact) mass is 283 g/mol. The number of nitrogens with one attached hydrogen (secondary N) is 1. The lowest BCUT2D eigenvalue weighted by molar-refractivity contribution is -0.117. The van der Waals surface area contributed by atoms with E-state index >= 15 is 0 Å². The number of carbonyl (C=O) groups is 1. The van der Waals surface area contributed by atoms with Crippen molar-refractivity contribution in [1.82, 2.24) is 5.32 Å². The van der Waals surface area contributed by atoms with Gasteiger partial charge in [0.25, 0.3) is 0 Å². The molecule has 2 rings (SSSR count).